The Hall–Kier alpha value is -3.19. The summed E-state index contributed by atoms with van der Waals surface area (Å²) >= 11 is 0. The summed E-state index contributed by atoms with van der Waals surface area (Å²) in [6, 6.07) is 9.87. The number of amides is 1. The van der Waals surface area contributed by atoms with Crippen LogP contribution in [0.4, 0.5) is 0 Å². The fraction of sp³-hybridized carbons (Fsp3) is 0.211. The van der Waals surface area contributed by atoms with E-state index in [1.54, 1.807) is 4.90 Å². The van der Waals surface area contributed by atoms with Crippen molar-refractivity contribution in [2.24, 2.45) is 0 Å². The highest BCUT2D eigenvalue weighted by atomic mass is 16.5. The number of aromatic nitrogens is 4. The van der Waals surface area contributed by atoms with Crippen molar-refractivity contribution < 1.29 is 9.53 Å². The third-order valence-electron chi connectivity index (χ3n) is 4.86. The Morgan fingerprint density at radius 2 is 1.85 bits per heavy atom. The van der Waals surface area contributed by atoms with Crippen LogP contribution in [0.15, 0.2) is 55.2 Å². The van der Waals surface area contributed by atoms with Gasteiger partial charge in [0.05, 0.1) is 31.0 Å². The molecule has 1 spiro atoms. The van der Waals surface area contributed by atoms with Crippen molar-refractivity contribution >= 4 is 5.91 Å². The Balaban J connectivity index is 1.38. The van der Waals surface area contributed by atoms with Crippen LogP contribution in [0, 0.1) is 0 Å². The van der Waals surface area contributed by atoms with Crippen LogP contribution in [0.1, 0.15) is 21.6 Å². The average molecular weight is 345 g/mol. The standard InChI is InChI=1S/C19H15N5O2/c25-18(14-6-20-12-21-7-14)24-10-19(11-24)15-8-22-17(23-16(15)9-26-19)13-4-2-1-3-5-13/h1-8,12H,9-11H2. The lowest BCUT2D eigenvalue weighted by molar-refractivity contribution is -0.126. The molecule has 1 amide bonds. The van der Waals surface area contributed by atoms with Gasteiger partial charge in [0, 0.05) is 29.7 Å². The number of hydrogen-bond acceptors (Lipinski definition) is 6. The maximum atomic E-state index is 12.5. The molecule has 0 radical (unpaired) electrons. The molecule has 1 fully saturated rings. The van der Waals surface area contributed by atoms with Gasteiger partial charge in [-0.15, -0.1) is 0 Å². The number of rotatable bonds is 2. The minimum atomic E-state index is -0.490. The highest BCUT2D eigenvalue weighted by Crippen LogP contribution is 2.43. The molecular weight excluding hydrogens is 330 g/mol. The molecule has 0 atom stereocenters. The smallest absolute Gasteiger partial charge is 0.257 e. The number of benzene rings is 1. The third kappa shape index (κ3) is 2.28. The topological polar surface area (TPSA) is 81.1 Å². The second-order valence-corrected chi connectivity index (χ2v) is 6.49. The first-order valence-electron chi connectivity index (χ1n) is 8.35. The molecule has 2 aromatic heterocycles. The molecule has 7 nitrogen and oxygen atoms in total. The number of likely N-dealkylation sites (tertiary alicyclic amines) is 1. The summed E-state index contributed by atoms with van der Waals surface area (Å²) < 4.78 is 6.03. The summed E-state index contributed by atoms with van der Waals surface area (Å²) in [5.74, 6) is 0.605. The predicted molar refractivity (Wildman–Crippen MR) is 91.9 cm³/mol. The zero-order valence-electron chi connectivity index (χ0n) is 13.9. The van der Waals surface area contributed by atoms with Crippen molar-refractivity contribution in [1.29, 1.82) is 0 Å². The number of carbonyl (C=O) groups excluding carboxylic acids is 1. The summed E-state index contributed by atoms with van der Waals surface area (Å²) in [6.45, 7) is 1.41. The minimum Gasteiger partial charge on any atom is -0.360 e. The van der Waals surface area contributed by atoms with Gasteiger partial charge in [0.15, 0.2) is 5.82 Å². The first-order chi connectivity index (χ1) is 12.8. The van der Waals surface area contributed by atoms with Gasteiger partial charge in [0.1, 0.15) is 11.9 Å². The third-order valence-corrected chi connectivity index (χ3v) is 4.86. The molecule has 5 rings (SSSR count). The Morgan fingerprint density at radius 1 is 1.08 bits per heavy atom. The van der Waals surface area contributed by atoms with Gasteiger partial charge in [-0.2, -0.15) is 0 Å². The lowest BCUT2D eigenvalue weighted by Crippen LogP contribution is -2.61. The van der Waals surface area contributed by atoms with Gasteiger partial charge in [-0.3, -0.25) is 4.79 Å². The van der Waals surface area contributed by atoms with Crippen molar-refractivity contribution in [1.82, 2.24) is 24.8 Å². The van der Waals surface area contributed by atoms with E-state index in [1.807, 2.05) is 36.5 Å². The van der Waals surface area contributed by atoms with Crippen molar-refractivity contribution in [3.8, 4) is 11.4 Å². The van der Waals surface area contributed by atoms with Crippen molar-refractivity contribution in [2.75, 3.05) is 13.1 Å². The van der Waals surface area contributed by atoms with E-state index < -0.39 is 5.60 Å². The highest BCUT2D eigenvalue weighted by Gasteiger charge is 2.52. The van der Waals surface area contributed by atoms with Gasteiger partial charge >= 0.3 is 0 Å². The predicted octanol–water partition coefficient (Wildman–Crippen LogP) is 1.82. The molecule has 3 aromatic rings. The van der Waals surface area contributed by atoms with E-state index in [4.69, 9.17) is 4.74 Å². The Labute approximate surface area is 149 Å². The summed E-state index contributed by atoms with van der Waals surface area (Å²) in [5, 5.41) is 0. The number of hydrogen-bond donors (Lipinski definition) is 0. The summed E-state index contributed by atoms with van der Waals surface area (Å²) in [5.41, 5.74) is 2.84. The molecule has 1 aromatic carbocycles. The maximum absolute atomic E-state index is 12.5. The lowest BCUT2D eigenvalue weighted by atomic mass is 9.87. The summed E-state index contributed by atoms with van der Waals surface area (Å²) in [7, 11) is 0. The van der Waals surface area contributed by atoms with E-state index in [0.29, 0.717) is 31.1 Å². The lowest BCUT2D eigenvalue weighted by Gasteiger charge is -2.47. The monoisotopic (exact) mass is 345 g/mol. The van der Waals surface area contributed by atoms with E-state index in [0.717, 1.165) is 16.8 Å². The van der Waals surface area contributed by atoms with Crippen LogP contribution in [0.2, 0.25) is 0 Å². The van der Waals surface area contributed by atoms with Crippen LogP contribution in [-0.2, 0) is 16.9 Å². The van der Waals surface area contributed by atoms with Crippen LogP contribution < -0.4 is 0 Å². The summed E-state index contributed by atoms with van der Waals surface area (Å²) in [4.78, 5) is 31.2. The molecule has 0 unspecified atom stereocenters. The molecule has 0 bridgehead atoms. The number of carbonyl (C=O) groups is 1. The molecule has 1 saturated heterocycles. The zero-order chi connectivity index (χ0) is 17.6. The van der Waals surface area contributed by atoms with Gasteiger partial charge in [-0.05, 0) is 0 Å². The zero-order valence-corrected chi connectivity index (χ0v) is 13.9. The first kappa shape index (κ1) is 15.1. The summed E-state index contributed by atoms with van der Waals surface area (Å²) in [6.07, 6.45) is 6.30. The Kier molecular flexibility index (Phi) is 3.29. The van der Waals surface area contributed by atoms with E-state index in [1.165, 1.54) is 18.7 Å². The number of ether oxygens (including phenoxy) is 1. The van der Waals surface area contributed by atoms with E-state index in [9.17, 15) is 4.79 Å². The van der Waals surface area contributed by atoms with Gasteiger partial charge in [0.25, 0.3) is 5.91 Å². The Bertz CT molecular complexity index is 972. The average Bonchev–Trinajstić information content (AvgIpc) is 3.07. The molecule has 26 heavy (non-hydrogen) atoms. The van der Waals surface area contributed by atoms with Crippen LogP contribution in [0.25, 0.3) is 11.4 Å². The number of nitrogens with zero attached hydrogens (tertiary/aromatic N) is 5. The molecule has 0 saturated carbocycles. The van der Waals surface area contributed by atoms with E-state index in [-0.39, 0.29) is 5.91 Å². The molecule has 128 valence electrons. The van der Waals surface area contributed by atoms with Crippen LogP contribution in [0.5, 0.6) is 0 Å². The molecule has 0 N–H and O–H groups in total. The first-order valence-corrected chi connectivity index (χ1v) is 8.35. The highest BCUT2D eigenvalue weighted by molar-refractivity contribution is 5.94. The van der Waals surface area contributed by atoms with Gasteiger partial charge < -0.3 is 9.64 Å². The van der Waals surface area contributed by atoms with E-state index in [2.05, 4.69) is 19.9 Å². The van der Waals surface area contributed by atoms with Crippen LogP contribution in [-0.4, -0.2) is 43.8 Å². The maximum Gasteiger partial charge on any atom is 0.257 e. The molecule has 4 heterocycles. The largest absolute Gasteiger partial charge is 0.360 e. The second kappa shape index (κ2) is 5.67. The minimum absolute atomic E-state index is 0.0879. The van der Waals surface area contributed by atoms with Gasteiger partial charge in [0.2, 0.25) is 0 Å². The normalized spacial score (nSPS) is 17.0. The van der Waals surface area contributed by atoms with Gasteiger partial charge in [-0.25, -0.2) is 19.9 Å². The molecule has 0 aliphatic carbocycles. The molecule has 7 heteroatoms. The molecule has 2 aliphatic rings. The second-order valence-electron chi connectivity index (χ2n) is 6.49. The van der Waals surface area contributed by atoms with Crippen LogP contribution in [0.3, 0.4) is 0 Å². The number of fused-ring (bicyclic) bond motifs is 2. The fourth-order valence-corrected chi connectivity index (χ4v) is 3.49. The van der Waals surface area contributed by atoms with Crippen LogP contribution >= 0.6 is 0 Å². The SMILES string of the molecule is O=C(c1cncnc1)N1CC2(C1)OCc1nc(-c3ccccc3)ncc12. The molecule has 2 aliphatic heterocycles. The quantitative estimate of drug-likeness (QED) is 0.705. The Morgan fingerprint density at radius 3 is 2.62 bits per heavy atom. The van der Waals surface area contributed by atoms with Gasteiger partial charge in [-0.1, -0.05) is 30.3 Å². The fourth-order valence-electron chi connectivity index (χ4n) is 3.49. The van der Waals surface area contributed by atoms with Crippen molar-refractivity contribution in [2.45, 2.75) is 12.2 Å². The van der Waals surface area contributed by atoms with E-state index >= 15 is 0 Å². The van der Waals surface area contributed by atoms with Crippen molar-refractivity contribution in [3.63, 3.8) is 0 Å². The van der Waals surface area contributed by atoms with Crippen molar-refractivity contribution in [3.05, 3.63) is 72.1 Å². The molecular formula is C19H15N5O2.